The van der Waals surface area contributed by atoms with E-state index < -0.39 is 0 Å². The van der Waals surface area contributed by atoms with E-state index in [2.05, 4.69) is 39.1 Å². The smallest absolute Gasteiger partial charge is 0.248 e. The lowest BCUT2D eigenvalue weighted by Gasteiger charge is -2.23. The summed E-state index contributed by atoms with van der Waals surface area (Å²) in [5, 5.41) is 4.11. The van der Waals surface area contributed by atoms with Crippen LogP contribution in [0.25, 0.3) is 11.4 Å². The largest absolute Gasteiger partial charge is 0.337 e. The standard InChI is InChI=1S/C17H18N4O/c1-3-21(2)15(13-7-5-4-6-8-13)17-19-16(20-22-17)14-9-11-18-12-10-14/h4-12,15H,3H2,1-2H3/t15-/m0/s1. The SMILES string of the molecule is CCN(C)[C@@H](c1ccccc1)c1nc(-c2ccncc2)no1. The van der Waals surface area contributed by atoms with Crippen LogP contribution in [-0.4, -0.2) is 33.6 Å². The molecule has 0 radical (unpaired) electrons. The van der Waals surface area contributed by atoms with E-state index in [4.69, 9.17) is 4.52 Å². The summed E-state index contributed by atoms with van der Waals surface area (Å²) in [6.07, 6.45) is 3.44. The van der Waals surface area contributed by atoms with Crippen molar-refractivity contribution >= 4 is 0 Å². The lowest BCUT2D eigenvalue weighted by Crippen LogP contribution is -2.25. The number of aromatic nitrogens is 3. The highest BCUT2D eigenvalue weighted by Crippen LogP contribution is 2.27. The van der Waals surface area contributed by atoms with Crippen LogP contribution in [0.15, 0.2) is 59.4 Å². The van der Waals surface area contributed by atoms with Gasteiger partial charge in [0.25, 0.3) is 0 Å². The highest BCUT2D eigenvalue weighted by Gasteiger charge is 2.24. The molecule has 0 saturated carbocycles. The molecule has 0 unspecified atom stereocenters. The van der Waals surface area contributed by atoms with Gasteiger partial charge in [0.1, 0.15) is 6.04 Å². The molecule has 3 rings (SSSR count). The summed E-state index contributed by atoms with van der Waals surface area (Å²) >= 11 is 0. The Balaban J connectivity index is 1.98. The average molecular weight is 294 g/mol. The molecule has 5 heteroatoms. The van der Waals surface area contributed by atoms with Crippen LogP contribution in [0.4, 0.5) is 0 Å². The molecule has 1 atom stereocenters. The van der Waals surface area contributed by atoms with Gasteiger partial charge in [-0.1, -0.05) is 42.4 Å². The van der Waals surface area contributed by atoms with Crippen molar-refractivity contribution in [1.29, 1.82) is 0 Å². The second-order valence-corrected chi connectivity index (χ2v) is 5.08. The molecule has 0 aliphatic carbocycles. The molecule has 0 saturated heterocycles. The third-order valence-electron chi connectivity index (χ3n) is 3.67. The first-order valence-corrected chi connectivity index (χ1v) is 7.28. The third-order valence-corrected chi connectivity index (χ3v) is 3.67. The molecule has 112 valence electrons. The summed E-state index contributed by atoms with van der Waals surface area (Å²) in [6, 6.07) is 13.9. The molecule has 0 bridgehead atoms. The Morgan fingerprint density at radius 1 is 1.09 bits per heavy atom. The first-order chi connectivity index (χ1) is 10.8. The van der Waals surface area contributed by atoms with Crippen LogP contribution in [0.5, 0.6) is 0 Å². The number of hydrogen-bond acceptors (Lipinski definition) is 5. The van der Waals surface area contributed by atoms with Gasteiger partial charge in [-0.2, -0.15) is 4.98 Å². The van der Waals surface area contributed by atoms with Gasteiger partial charge in [0.2, 0.25) is 11.7 Å². The molecule has 0 aliphatic heterocycles. The molecule has 0 aliphatic rings. The number of nitrogens with zero attached hydrogens (tertiary/aromatic N) is 4. The maximum Gasteiger partial charge on any atom is 0.248 e. The van der Waals surface area contributed by atoms with E-state index in [0.29, 0.717) is 11.7 Å². The molecule has 2 heterocycles. The third kappa shape index (κ3) is 2.89. The van der Waals surface area contributed by atoms with Crippen LogP contribution < -0.4 is 0 Å². The lowest BCUT2D eigenvalue weighted by atomic mass is 10.1. The summed E-state index contributed by atoms with van der Waals surface area (Å²) in [4.78, 5) is 10.8. The molecule has 0 spiro atoms. The summed E-state index contributed by atoms with van der Waals surface area (Å²) in [6.45, 7) is 2.99. The highest BCUT2D eigenvalue weighted by atomic mass is 16.5. The minimum atomic E-state index is -0.0470. The molecule has 22 heavy (non-hydrogen) atoms. The van der Waals surface area contributed by atoms with Crippen molar-refractivity contribution in [2.45, 2.75) is 13.0 Å². The summed E-state index contributed by atoms with van der Waals surface area (Å²) in [5.74, 6) is 1.19. The van der Waals surface area contributed by atoms with Crippen LogP contribution in [0.3, 0.4) is 0 Å². The van der Waals surface area contributed by atoms with Gasteiger partial charge >= 0.3 is 0 Å². The fraction of sp³-hybridized carbons (Fsp3) is 0.235. The van der Waals surface area contributed by atoms with Crippen LogP contribution in [0.1, 0.15) is 24.4 Å². The van der Waals surface area contributed by atoms with Crippen LogP contribution in [0, 0.1) is 0 Å². The summed E-state index contributed by atoms with van der Waals surface area (Å²) < 4.78 is 5.54. The van der Waals surface area contributed by atoms with E-state index >= 15 is 0 Å². The van der Waals surface area contributed by atoms with E-state index in [0.717, 1.165) is 17.7 Å². The van der Waals surface area contributed by atoms with Crippen molar-refractivity contribution in [2.24, 2.45) is 0 Å². The first kappa shape index (κ1) is 14.4. The van der Waals surface area contributed by atoms with E-state index in [1.807, 2.05) is 37.4 Å². The van der Waals surface area contributed by atoms with Gasteiger partial charge in [-0.25, -0.2) is 0 Å². The molecule has 0 N–H and O–H groups in total. The number of hydrogen-bond donors (Lipinski definition) is 0. The molecule has 1 aromatic carbocycles. The predicted octanol–water partition coefficient (Wildman–Crippen LogP) is 3.17. The topological polar surface area (TPSA) is 55.1 Å². The van der Waals surface area contributed by atoms with Crippen LogP contribution in [-0.2, 0) is 0 Å². The van der Waals surface area contributed by atoms with Gasteiger partial charge in [0, 0.05) is 18.0 Å². The molecule has 3 aromatic rings. The van der Waals surface area contributed by atoms with Crippen molar-refractivity contribution in [3.8, 4) is 11.4 Å². The zero-order valence-corrected chi connectivity index (χ0v) is 12.7. The number of benzene rings is 1. The minimum absolute atomic E-state index is 0.0470. The second-order valence-electron chi connectivity index (χ2n) is 5.08. The molecule has 0 amide bonds. The van der Waals surface area contributed by atoms with Crippen molar-refractivity contribution in [2.75, 3.05) is 13.6 Å². The van der Waals surface area contributed by atoms with Crippen molar-refractivity contribution < 1.29 is 4.52 Å². The van der Waals surface area contributed by atoms with Crippen molar-refractivity contribution in [3.05, 3.63) is 66.3 Å². The van der Waals surface area contributed by atoms with Crippen LogP contribution >= 0.6 is 0 Å². The first-order valence-electron chi connectivity index (χ1n) is 7.28. The normalized spacial score (nSPS) is 12.5. The summed E-state index contributed by atoms with van der Waals surface area (Å²) in [5.41, 5.74) is 2.03. The average Bonchev–Trinajstić information content (AvgIpc) is 3.06. The Labute approximate surface area is 129 Å². The highest BCUT2D eigenvalue weighted by molar-refractivity contribution is 5.52. The Kier molecular flexibility index (Phi) is 4.25. The van der Waals surface area contributed by atoms with E-state index in [1.54, 1.807) is 12.4 Å². The summed E-state index contributed by atoms with van der Waals surface area (Å²) in [7, 11) is 2.05. The Morgan fingerprint density at radius 3 is 2.50 bits per heavy atom. The second kappa shape index (κ2) is 6.49. The maximum absolute atomic E-state index is 5.54. The molecule has 2 aromatic heterocycles. The Bertz CT molecular complexity index is 712. The quantitative estimate of drug-likeness (QED) is 0.723. The van der Waals surface area contributed by atoms with Gasteiger partial charge < -0.3 is 4.52 Å². The number of pyridine rings is 1. The molecular formula is C17H18N4O. The predicted molar refractivity (Wildman–Crippen MR) is 84.1 cm³/mol. The van der Waals surface area contributed by atoms with Crippen molar-refractivity contribution in [1.82, 2.24) is 20.0 Å². The van der Waals surface area contributed by atoms with E-state index in [-0.39, 0.29) is 6.04 Å². The van der Waals surface area contributed by atoms with Gasteiger partial charge in [-0.3, -0.25) is 9.88 Å². The minimum Gasteiger partial charge on any atom is -0.337 e. The van der Waals surface area contributed by atoms with Gasteiger partial charge in [-0.15, -0.1) is 0 Å². The molecule has 0 fully saturated rings. The maximum atomic E-state index is 5.54. The fourth-order valence-corrected chi connectivity index (χ4v) is 2.37. The van der Waals surface area contributed by atoms with Gasteiger partial charge in [-0.05, 0) is 31.3 Å². The number of rotatable bonds is 5. The van der Waals surface area contributed by atoms with Crippen molar-refractivity contribution in [3.63, 3.8) is 0 Å². The monoisotopic (exact) mass is 294 g/mol. The Morgan fingerprint density at radius 2 is 1.82 bits per heavy atom. The Hall–Kier alpha value is -2.53. The van der Waals surface area contributed by atoms with E-state index in [9.17, 15) is 0 Å². The van der Waals surface area contributed by atoms with Gasteiger partial charge in [0.05, 0.1) is 0 Å². The van der Waals surface area contributed by atoms with Gasteiger partial charge in [0.15, 0.2) is 0 Å². The molecular weight excluding hydrogens is 276 g/mol. The van der Waals surface area contributed by atoms with Crippen LogP contribution in [0.2, 0.25) is 0 Å². The molecule has 5 nitrogen and oxygen atoms in total. The van der Waals surface area contributed by atoms with E-state index in [1.165, 1.54) is 0 Å². The zero-order chi connectivity index (χ0) is 15.4. The zero-order valence-electron chi connectivity index (χ0n) is 12.7. The fourth-order valence-electron chi connectivity index (χ4n) is 2.37. The lowest BCUT2D eigenvalue weighted by molar-refractivity contribution is 0.234.